The molecule has 0 radical (unpaired) electrons. The molecule has 152 valence electrons. The number of aliphatic hydroxyl groups is 1. The molecule has 7 unspecified atom stereocenters. The number of ether oxygens (including phenoxy) is 1. The molecule has 4 aliphatic heterocycles. The molecule has 5 N–H and O–H groups in total. The van der Waals surface area contributed by atoms with Crippen LogP contribution in [0.15, 0.2) is 15.0 Å². The standard InChI is InChI=1S/C15H22N7O5P/c16-12-11-13(19-6-18-12)22(7-20-11)15-10(23)4-8(27-15)5-26-28(25)21-14(24)9-2-1-3-17-9/h6-11,13,15,17,23H,1-5H2,(H2-,16,18,19,21,24,25)/p+1. The van der Waals surface area contributed by atoms with Crippen molar-refractivity contribution < 1.29 is 23.7 Å². The Labute approximate surface area is 162 Å². The normalized spacial score (nSPS) is 37.1. The lowest BCUT2D eigenvalue weighted by Crippen LogP contribution is -2.50. The molecule has 0 bridgehead atoms. The molecule has 12 nitrogen and oxygen atoms in total. The van der Waals surface area contributed by atoms with E-state index in [1.54, 1.807) is 11.2 Å². The monoisotopic (exact) mass is 412 g/mol. The molecule has 2 fully saturated rings. The van der Waals surface area contributed by atoms with Crippen LogP contribution in [0.2, 0.25) is 0 Å². The van der Waals surface area contributed by atoms with Gasteiger partial charge in [-0.1, -0.05) is 0 Å². The molecule has 0 saturated carbocycles. The average molecular weight is 412 g/mol. The van der Waals surface area contributed by atoms with Crippen molar-refractivity contribution in [1.29, 1.82) is 0 Å². The Bertz CT molecular complexity index is 726. The van der Waals surface area contributed by atoms with Gasteiger partial charge in [0, 0.05) is 6.42 Å². The van der Waals surface area contributed by atoms with Crippen molar-refractivity contribution >= 4 is 32.6 Å². The highest BCUT2D eigenvalue weighted by Crippen LogP contribution is 2.30. The van der Waals surface area contributed by atoms with Crippen molar-refractivity contribution in [2.75, 3.05) is 13.2 Å². The number of fused-ring (bicyclic) bond motifs is 1. The lowest BCUT2D eigenvalue weighted by Gasteiger charge is -2.31. The predicted molar refractivity (Wildman–Crippen MR) is 100 cm³/mol. The Hall–Kier alpha value is -1.98. The van der Waals surface area contributed by atoms with Crippen LogP contribution in [0.4, 0.5) is 0 Å². The van der Waals surface area contributed by atoms with E-state index in [1.165, 1.54) is 6.34 Å². The van der Waals surface area contributed by atoms with E-state index in [0.29, 0.717) is 18.7 Å². The van der Waals surface area contributed by atoms with Crippen molar-refractivity contribution in [3.8, 4) is 0 Å². The first-order chi connectivity index (χ1) is 13.5. The van der Waals surface area contributed by atoms with Crippen LogP contribution in [0.3, 0.4) is 0 Å². The minimum Gasteiger partial charge on any atom is -0.388 e. The van der Waals surface area contributed by atoms with Gasteiger partial charge in [0.05, 0.1) is 18.5 Å². The maximum absolute atomic E-state index is 12.0. The molecule has 1 amide bonds. The number of amides is 1. The Balaban J connectivity index is 1.26. The summed E-state index contributed by atoms with van der Waals surface area (Å²) in [5.74, 6) is 0.0215. The molecular formula is C15H23N7O5P+. The summed E-state index contributed by atoms with van der Waals surface area (Å²) in [5.41, 5.74) is 5.83. The van der Waals surface area contributed by atoms with Gasteiger partial charge in [0.15, 0.2) is 12.4 Å². The number of rotatable bonds is 6. The quantitative estimate of drug-likeness (QED) is 0.381. The zero-order valence-corrected chi connectivity index (χ0v) is 15.9. The van der Waals surface area contributed by atoms with Crippen LogP contribution in [-0.4, -0.2) is 84.3 Å². The Kier molecular flexibility index (Phi) is 5.65. The second-order valence-electron chi connectivity index (χ2n) is 7.02. The number of aliphatic imine (C=N–C) groups is 3. The third-order valence-electron chi connectivity index (χ3n) is 5.09. The summed E-state index contributed by atoms with van der Waals surface area (Å²) in [6.45, 7) is 0.751. The maximum atomic E-state index is 12.0. The van der Waals surface area contributed by atoms with Crippen LogP contribution in [0.5, 0.6) is 0 Å². The lowest BCUT2D eigenvalue weighted by atomic mass is 10.1. The first kappa shape index (κ1) is 19.3. The largest absolute Gasteiger partial charge is 0.646 e. The number of nitrogens with two attached hydrogens (primary N) is 1. The third-order valence-corrected chi connectivity index (χ3v) is 5.88. The summed E-state index contributed by atoms with van der Waals surface area (Å²) in [4.78, 5) is 26.1. The van der Waals surface area contributed by atoms with E-state index < -0.39 is 38.8 Å². The molecule has 28 heavy (non-hydrogen) atoms. The highest BCUT2D eigenvalue weighted by atomic mass is 31.1. The van der Waals surface area contributed by atoms with Crippen molar-refractivity contribution in [3.05, 3.63) is 0 Å². The molecule has 0 aromatic rings. The van der Waals surface area contributed by atoms with Crippen molar-refractivity contribution in [2.24, 2.45) is 20.7 Å². The van der Waals surface area contributed by atoms with Gasteiger partial charge in [-0.25, -0.2) is 9.98 Å². The molecule has 0 aromatic heterocycles. The van der Waals surface area contributed by atoms with Crippen LogP contribution in [0.25, 0.3) is 0 Å². The fourth-order valence-corrected chi connectivity index (χ4v) is 4.37. The van der Waals surface area contributed by atoms with Gasteiger partial charge < -0.3 is 25.8 Å². The number of hydrogen-bond acceptors (Lipinski definition) is 11. The summed E-state index contributed by atoms with van der Waals surface area (Å²) in [6, 6.07) is -0.726. The second-order valence-corrected chi connectivity index (χ2v) is 8.01. The highest BCUT2D eigenvalue weighted by molar-refractivity contribution is 7.37. The SMILES string of the molecule is NC1=NC=NC2C1N=CN2C1OC(CO[P+](=O)NC(=O)C2CCCN2)CC1O. The molecule has 7 atom stereocenters. The number of amidine groups is 1. The topological polar surface area (TPSA) is 163 Å². The zero-order valence-electron chi connectivity index (χ0n) is 15.0. The summed E-state index contributed by atoms with van der Waals surface area (Å²) in [6.07, 6.45) is 2.47. The van der Waals surface area contributed by atoms with Crippen LogP contribution < -0.4 is 16.1 Å². The molecule has 4 aliphatic rings. The van der Waals surface area contributed by atoms with Crippen LogP contribution in [-0.2, 0) is 18.6 Å². The predicted octanol–water partition coefficient (Wildman–Crippen LogP) is -1.56. The molecule has 4 heterocycles. The number of nitrogens with one attached hydrogen (secondary N) is 2. The first-order valence-corrected chi connectivity index (χ1v) is 10.3. The van der Waals surface area contributed by atoms with Gasteiger partial charge in [-0.3, -0.25) is 9.79 Å². The van der Waals surface area contributed by atoms with E-state index in [0.717, 1.165) is 13.0 Å². The molecule has 4 rings (SSSR count). The lowest BCUT2D eigenvalue weighted by molar-refractivity contribution is -0.121. The van der Waals surface area contributed by atoms with Gasteiger partial charge in [0.2, 0.25) is 0 Å². The number of hydrogen-bond donors (Lipinski definition) is 4. The number of carbonyl (C=O) groups excluding carboxylic acids is 1. The summed E-state index contributed by atoms with van der Waals surface area (Å²) in [5, 5.41) is 15.8. The highest BCUT2D eigenvalue weighted by Gasteiger charge is 2.46. The van der Waals surface area contributed by atoms with E-state index >= 15 is 0 Å². The molecular weight excluding hydrogens is 389 g/mol. The van der Waals surface area contributed by atoms with Crippen LogP contribution >= 0.6 is 8.18 Å². The molecule has 13 heteroatoms. The summed E-state index contributed by atoms with van der Waals surface area (Å²) in [7, 11) is -2.36. The van der Waals surface area contributed by atoms with E-state index in [2.05, 4.69) is 25.4 Å². The fourth-order valence-electron chi connectivity index (χ4n) is 3.67. The smallest absolute Gasteiger partial charge is 0.388 e. The third kappa shape index (κ3) is 3.91. The van der Waals surface area contributed by atoms with E-state index in [4.69, 9.17) is 15.0 Å². The molecule has 0 aliphatic carbocycles. The van der Waals surface area contributed by atoms with E-state index in [9.17, 15) is 14.5 Å². The van der Waals surface area contributed by atoms with Crippen molar-refractivity contribution in [1.82, 2.24) is 15.3 Å². The molecule has 2 saturated heterocycles. The Morgan fingerprint density at radius 1 is 1.54 bits per heavy atom. The fraction of sp³-hybridized carbons (Fsp3) is 0.733. The van der Waals surface area contributed by atoms with Gasteiger partial charge in [-0.15, -0.1) is 9.61 Å². The minimum absolute atomic E-state index is 0.0208. The van der Waals surface area contributed by atoms with Crippen molar-refractivity contribution in [2.45, 2.75) is 55.9 Å². The minimum atomic E-state index is -2.36. The summed E-state index contributed by atoms with van der Waals surface area (Å²) >= 11 is 0. The number of nitrogens with zero attached hydrogens (tertiary/aromatic N) is 4. The molecule has 0 aromatic carbocycles. The maximum Gasteiger partial charge on any atom is 0.646 e. The van der Waals surface area contributed by atoms with E-state index in [1.807, 2.05) is 0 Å². The van der Waals surface area contributed by atoms with E-state index in [-0.39, 0.29) is 18.6 Å². The van der Waals surface area contributed by atoms with Gasteiger partial charge >= 0.3 is 8.18 Å². The summed E-state index contributed by atoms with van der Waals surface area (Å²) < 4.78 is 23.1. The Morgan fingerprint density at radius 2 is 2.39 bits per heavy atom. The van der Waals surface area contributed by atoms with Crippen LogP contribution in [0, 0.1) is 0 Å². The van der Waals surface area contributed by atoms with Gasteiger partial charge in [0.25, 0.3) is 5.91 Å². The zero-order chi connectivity index (χ0) is 19.7. The van der Waals surface area contributed by atoms with Gasteiger partial charge in [-0.2, -0.15) is 0 Å². The van der Waals surface area contributed by atoms with Crippen molar-refractivity contribution in [3.63, 3.8) is 0 Å². The van der Waals surface area contributed by atoms with Crippen LogP contribution in [0.1, 0.15) is 19.3 Å². The first-order valence-electron chi connectivity index (χ1n) is 9.16. The Morgan fingerprint density at radius 3 is 3.18 bits per heavy atom. The average Bonchev–Trinajstić information content (AvgIpc) is 3.40. The van der Waals surface area contributed by atoms with Gasteiger partial charge in [-0.05, 0) is 24.0 Å². The molecule has 0 spiro atoms. The number of aliphatic hydroxyl groups excluding tert-OH is 1. The van der Waals surface area contributed by atoms with Gasteiger partial charge in [0.1, 0.15) is 30.9 Å². The number of carbonyl (C=O) groups is 1. The second kappa shape index (κ2) is 8.18.